The number of hydrogen-bond acceptors (Lipinski definition) is 4. The number of amides is 1. The van der Waals surface area contributed by atoms with Crippen LogP contribution >= 0.6 is 0 Å². The molecule has 0 spiro atoms. The van der Waals surface area contributed by atoms with Crippen LogP contribution in [0.5, 0.6) is 0 Å². The van der Waals surface area contributed by atoms with Gasteiger partial charge in [0, 0.05) is 24.8 Å². The lowest BCUT2D eigenvalue weighted by Gasteiger charge is -2.13. The van der Waals surface area contributed by atoms with Gasteiger partial charge in [0.2, 0.25) is 0 Å². The van der Waals surface area contributed by atoms with E-state index in [-0.39, 0.29) is 12.5 Å². The van der Waals surface area contributed by atoms with Crippen molar-refractivity contribution < 1.29 is 9.90 Å². The van der Waals surface area contributed by atoms with Crippen LogP contribution in [-0.2, 0) is 0 Å². The molecule has 0 saturated carbocycles. The first-order valence-corrected chi connectivity index (χ1v) is 6.20. The number of carbonyl (C=O) groups excluding carboxylic acids is 1. The number of nitrogens with zero attached hydrogens (tertiary/aromatic N) is 2. The van der Waals surface area contributed by atoms with Gasteiger partial charge in [-0.15, -0.1) is 0 Å². The number of rotatable bonds is 5. The van der Waals surface area contributed by atoms with E-state index in [1.54, 1.807) is 12.1 Å². The van der Waals surface area contributed by atoms with Crippen molar-refractivity contribution in [2.75, 3.05) is 33.3 Å². The van der Waals surface area contributed by atoms with E-state index in [1.807, 2.05) is 7.05 Å². The summed E-state index contributed by atoms with van der Waals surface area (Å²) < 4.78 is 0. The summed E-state index contributed by atoms with van der Waals surface area (Å²) in [6, 6.07) is 3.34. The molecular weight excluding hydrogens is 242 g/mol. The third kappa shape index (κ3) is 5.51. The largest absolute Gasteiger partial charge is 0.384 e. The molecule has 1 aromatic heterocycles. The number of aliphatic hydroxyl groups excluding tert-OH is 1. The molecule has 0 aliphatic rings. The van der Waals surface area contributed by atoms with E-state index in [4.69, 9.17) is 5.11 Å². The Balaban J connectivity index is 2.49. The maximum absolute atomic E-state index is 11.8. The number of likely N-dealkylation sites (N-methyl/N-ethyl adjacent to an activating group) is 1. The summed E-state index contributed by atoms with van der Waals surface area (Å²) in [5, 5.41) is 11.4. The summed E-state index contributed by atoms with van der Waals surface area (Å²) in [5.74, 6) is 5.06. The minimum Gasteiger partial charge on any atom is -0.384 e. The van der Waals surface area contributed by atoms with E-state index in [9.17, 15) is 4.79 Å². The maximum Gasteiger partial charge on any atom is 0.269 e. The van der Waals surface area contributed by atoms with Crippen LogP contribution < -0.4 is 5.32 Å². The van der Waals surface area contributed by atoms with Gasteiger partial charge in [-0.1, -0.05) is 18.8 Å². The van der Waals surface area contributed by atoms with Crippen LogP contribution in [0.1, 0.15) is 23.0 Å². The first-order chi connectivity index (χ1) is 9.17. The van der Waals surface area contributed by atoms with E-state index in [1.165, 1.54) is 6.20 Å². The van der Waals surface area contributed by atoms with Crippen molar-refractivity contribution >= 4 is 5.91 Å². The summed E-state index contributed by atoms with van der Waals surface area (Å²) in [4.78, 5) is 17.9. The van der Waals surface area contributed by atoms with Crippen LogP contribution in [0.25, 0.3) is 0 Å². The monoisotopic (exact) mass is 261 g/mol. The summed E-state index contributed by atoms with van der Waals surface area (Å²) in [5.41, 5.74) is 1.05. The van der Waals surface area contributed by atoms with Gasteiger partial charge in [0.15, 0.2) is 0 Å². The lowest BCUT2D eigenvalue weighted by Crippen LogP contribution is -2.33. The fraction of sp³-hybridized carbons (Fsp3) is 0.429. The topological polar surface area (TPSA) is 65.5 Å². The second kappa shape index (κ2) is 8.25. The summed E-state index contributed by atoms with van der Waals surface area (Å²) >= 11 is 0. The molecule has 0 aliphatic carbocycles. The molecule has 0 atom stereocenters. The van der Waals surface area contributed by atoms with Gasteiger partial charge in [-0.3, -0.25) is 4.79 Å². The summed E-state index contributed by atoms with van der Waals surface area (Å²) in [7, 11) is 2.00. The molecule has 1 rings (SSSR count). The Morgan fingerprint density at radius 1 is 1.53 bits per heavy atom. The van der Waals surface area contributed by atoms with Gasteiger partial charge in [0.25, 0.3) is 5.91 Å². The molecule has 0 fully saturated rings. The van der Waals surface area contributed by atoms with Crippen LogP contribution in [0.2, 0.25) is 0 Å². The fourth-order valence-corrected chi connectivity index (χ4v) is 1.35. The normalized spacial score (nSPS) is 9.89. The van der Waals surface area contributed by atoms with Gasteiger partial charge in [-0.05, 0) is 25.7 Å². The minimum absolute atomic E-state index is 0.187. The number of aromatic nitrogens is 1. The number of nitrogens with one attached hydrogen (secondary N) is 1. The highest BCUT2D eigenvalue weighted by molar-refractivity contribution is 5.92. The van der Waals surface area contributed by atoms with Crippen molar-refractivity contribution in [1.82, 2.24) is 15.2 Å². The molecule has 0 aromatic carbocycles. The summed E-state index contributed by atoms with van der Waals surface area (Å²) in [6.07, 6.45) is 1.52. The van der Waals surface area contributed by atoms with E-state index in [0.717, 1.165) is 13.1 Å². The molecule has 0 radical (unpaired) electrons. The Morgan fingerprint density at radius 2 is 2.32 bits per heavy atom. The number of aliphatic hydroxyl groups is 1. The van der Waals surface area contributed by atoms with E-state index in [0.29, 0.717) is 17.8 Å². The van der Waals surface area contributed by atoms with Gasteiger partial charge in [-0.2, -0.15) is 0 Å². The molecule has 0 unspecified atom stereocenters. The van der Waals surface area contributed by atoms with Crippen LogP contribution in [0, 0.1) is 11.8 Å². The molecule has 0 aliphatic heterocycles. The first-order valence-electron chi connectivity index (χ1n) is 6.20. The molecule has 0 saturated heterocycles. The zero-order valence-corrected chi connectivity index (χ0v) is 11.3. The van der Waals surface area contributed by atoms with Crippen molar-refractivity contribution in [2.24, 2.45) is 0 Å². The Hall–Kier alpha value is -1.90. The second-order valence-corrected chi connectivity index (χ2v) is 4.04. The summed E-state index contributed by atoms with van der Waals surface area (Å²) in [6.45, 7) is 4.23. The van der Waals surface area contributed by atoms with E-state index in [2.05, 4.69) is 34.0 Å². The van der Waals surface area contributed by atoms with Crippen molar-refractivity contribution in [2.45, 2.75) is 6.92 Å². The fourth-order valence-electron chi connectivity index (χ4n) is 1.35. The quantitative estimate of drug-likeness (QED) is 0.738. The molecule has 102 valence electrons. The average molecular weight is 261 g/mol. The van der Waals surface area contributed by atoms with Crippen molar-refractivity contribution in [1.29, 1.82) is 0 Å². The highest BCUT2D eigenvalue weighted by atomic mass is 16.2. The molecule has 5 nitrogen and oxygen atoms in total. The van der Waals surface area contributed by atoms with Crippen LogP contribution in [0.3, 0.4) is 0 Å². The second-order valence-electron chi connectivity index (χ2n) is 4.04. The number of pyridine rings is 1. The smallest absolute Gasteiger partial charge is 0.269 e. The molecular formula is C14H19N3O2. The van der Waals surface area contributed by atoms with Crippen molar-refractivity contribution in [3.05, 3.63) is 29.6 Å². The molecule has 0 bridgehead atoms. The lowest BCUT2D eigenvalue weighted by atomic mass is 10.2. The predicted octanol–water partition coefficient (Wildman–Crippen LogP) is 0.107. The van der Waals surface area contributed by atoms with Gasteiger partial charge in [-0.25, -0.2) is 4.98 Å². The minimum atomic E-state index is -0.189. The highest BCUT2D eigenvalue weighted by Crippen LogP contribution is 1.98. The van der Waals surface area contributed by atoms with Gasteiger partial charge >= 0.3 is 0 Å². The molecule has 1 aromatic rings. The third-order valence-corrected chi connectivity index (χ3v) is 2.63. The Kier molecular flexibility index (Phi) is 6.58. The molecule has 1 amide bonds. The lowest BCUT2D eigenvalue weighted by molar-refractivity contribution is 0.0945. The van der Waals surface area contributed by atoms with E-state index < -0.39 is 0 Å². The third-order valence-electron chi connectivity index (χ3n) is 2.63. The molecule has 19 heavy (non-hydrogen) atoms. The van der Waals surface area contributed by atoms with Gasteiger partial charge < -0.3 is 15.3 Å². The predicted molar refractivity (Wildman–Crippen MR) is 73.7 cm³/mol. The Bertz CT molecular complexity index is 460. The molecule has 5 heteroatoms. The molecule has 1 heterocycles. The maximum atomic E-state index is 11.8. The van der Waals surface area contributed by atoms with Crippen LogP contribution in [0.4, 0.5) is 0 Å². The average Bonchev–Trinajstić information content (AvgIpc) is 2.45. The highest BCUT2D eigenvalue weighted by Gasteiger charge is 2.06. The van der Waals surface area contributed by atoms with Crippen LogP contribution in [0.15, 0.2) is 18.3 Å². The van der Waals surface area contributed by atoms with Crippen molar-refractivity contribution in [3.8, 4) is 11.8 Å². The van der Waals surface area contributed by atoms with Crippen LogP contribution in [-0.4, -0.2) is 54.2 Å². The Morgan fingerprint density at radius 3 is 2.89 bits per heavy atom. The van der Waals surface area contributed by atoms with E-state index >= 15 is 0 Å². The SMILES string of the molecule is CCN(C)CCNC(=O)c1ccc(C#CCO)cn1. The first kappa shape index (κ1) is 15.2. The standard InChI is InChI=1S/C14H19N3O2/c1-3-17(2)9-8-15-14(19)13-7-6-12(11-16-13)5-4-10-18/h6-7,11,18H,3,8-10H2,1-2H3,(H,15,19). The van der Waals surface area contributed by atoms with Gasteiger partial charge in [0.1, 0.15) is 12.3 Å². The van der Waals surface area contributed by atoms with Crippen molar-refractivity contribution in [3.63, 3.8) is 0 Å². The zero-order chi connectivity index (χ0) is 14.1. The number of hydrogen-bond donors (Lipinski definition) is 2. The van der Waals surface area contributed by atoms with Gasteiger partial charge in [0.05, 0.1) is 0 Å². The Labute approximate surface area is 113 Å². The molecule has 2 N–H and O–H groups in total. The zero-order valence-electron chi connectivity index (χ0n) is 11.3. The number of carbonyl (C=O) groups is 1.